The van der Waals surface area contributed by atoms with Crippen LogP contribution >= 0.6 is 0 Å². The zero-order valence-corrected chi connectivity index (χ0v) is 11.1. The second-order valence-electron chi connectivity index (χ2n) is 4.46. The van der Waals surface area contributed by atoms with Gasteiger partial charge in [-0.25, -0.2) is 9.18 Å². The topological polar surface area (TPSA) is 80.4 Å². The molecule has 0 spiro atoms. The predicted molar refractivity (Wildman–Crippen MR) is 70.5 cm³/mol. The number of aromatic carboxylic acids is 1. The summed E-state index contributed by atoms with van der Waals surface area (Å²) < 4.78 is 52.3. The lowest BCUT2D eigenvalue weighted by molar-refractivity contribution is -0.384. The fourth-order valence-corrected chi connectivity index (χ4v) is 2.02. The lowest BCUT2D eigenvalue weighted by Crippen LogP contribution is -2.09. The second-order valence-corrected chi connectivity index (χ2v) is 4.46. The molecular weight excluding hydrogens is 322 g/mol. The van der Waals surface area contributed by atoms with Gasteiger partial charge in [-0.05, 0) is 17.7 Å². The number of hydrogen-bond acceptors (Lipinski definition) is 3. The number of non-ortho nitro benzene ring substituents is 1. The summed E-state index contributed by atoms with van der Waals surface area (Å²) in [5, 5.41) is 19.8. The minimum absolute atomic E-state index is 0.383. The second kappa shape index (κ2) is 5.67. The molecule has 1 N–H and O–H groups in total. The molecule has 120 valence electrons. The van der Waals surface area contributed by atoms with Crippen molar-refractivity contribution in [2.75, 3.05) is 0 Å². The molecule has 0 aliphatic carbocycles. The van der Waals surface area contributed by atoms with Crippen LogP contribution in [-0.4, -0.2) is 16.0 Å². The summed E-state index contributed by atoms with van der Waals surface area (Å²) in [6.07, 6.45) is -4.95. The number of hydrogen-bond donors (Lipinski definition) is 1. The van der Waals surface area contributed by atoms with Crippen LogP contribution in [0.2, 0.25) is 0 Å². The fourth-order valence-electron chi connectivity index (χ4n) is 2.02. The number of nitro groups is 1. The van der Waals surface area contributed by atoms with Crippen LogP contribution in [0.25, 0.3) is 11.1 Å². The van der Waals surface area contributed by atoms with E-state index in [1.165, 1.54) is 0 Å². The van der Waals surface area contributed by atoms with Gasteiger partial charge < -0.3 is 5.11 Å². The van der Waals surface area contributed by atoms with Crippen molar-refractivity contribution in [2.45, 2.75) is 6.18 Å². The molecule has 23 heavy (non-hydrogen) atoms. The molecule has 0 fully saturated rings. The number of rotatable bonds is 3. The van der Waals surface area contributed by atoms with Crippen molar-refractivity contribution < 1.29 is 32.4 Å². The average molecular weight is 329 g/mol. The molecule has 0 aliphatic heterocycles. The van der Waals surface area contributed by atoms with Crippen molar-refractivity contribution in [2.24, 2.45) is 0 Å². The number of alkyl halides is 3. The van der Waals surface area contributed by atoms with Crippen LogP contribution in [0, 0.1) is 15.9 Å². The van der Waals surface area contributed by atoms with Gasteiger partial charge in [-0.15, -0.1) is 0 Å². The number of nitro benzene ring substituents is 1. The van der Waals surface area contributed by atoms with Crippen molar-refractivity contribution >= 4 is 11.7 Å². The van der Waals surface area contributed by atoms with E-state index < -0.39 is 45.3 Å². The van der Waals surface area contributed by atoms with Crippen molar-refractivity contribution in [3.63, 3.8) is 0 Å². The van der Waals surface area contributed by atoms with Crippen LogP contribution in [0.5, 0.6) is 0 Å². The molecular formula is C14H7F4NO4. The van der Waals surface area contributed by atoms with Crippen molar-refractivity contribution in [1.29, 1.82) is 0 Å². The summed E-state index contributed by atoms with van der Waals surface area (Å²) in [7, 11) is 0. The zero-order valence-electron chi connectivity index (χ0n) is 11.1. The SMILES string of the molecule is O=C(O)c1cc([N+](=O)[O-])ccc1-c1cccc(C(F)(F)F)c1F. The van der Waals surface area contributed by atoms with Crippen LogP contribution in [0.3, 0.4) is 0 Å². The largest absolute Gasteiger partial charge is 0.478 e. The van der Waals surface area contributed by atoms with E-state index in [4.69, 9.17) is 5.11 Å². The van der Waals surface area contributed by atoms with E-state index in [1.54, 1.807) is 0 Å². The van der Waals surface area contributed by atoms with E-state index in [1.807, 2.05) is 0 Å². The predicted octanol–water partition coefficient (Wildman–Crippen LogP) is 4.12. The van der Waals surface area contributed by atoms with Gasteiger partial charge in [0.1, 0.15) is 5.82 Å². The maximum atomic E-state index is 14.1. The molecule has 0 heterocycles. The Bertz CT molecular complexity index is 802. The zero-order chi connectivity index (χ0) is 17.4. The Morgan fingerprint density at radius 2 is 1.78 bits per heavy atom. The van der Waals surface area contributed by atoms with Crippen LogP contribution < -0.4 is 0 Å². The standard InChI is InChI=1S/C14H7F4NO4/c15-12-9(2-1-3-11(12)14(16,17)18)8-5-4-7(19(22)23)6-10(8)13(20)21/h1-6H,(H,20,21). The number of nitrogens with zero attached hydrogens (tertiary/aromatic N) is 1. The first-order chi connectivity index (χ1) is 10.6. The van der Waals surface area contributed by atoms with E-state index in [-0.39, 0.29) is 5.56 Å². The third-order valence-corrected chi connectivity index (χ3v) is 3.04. The van der Waals surface area contributed by atoms with Gasteiger partial charge in [0.15, 0.2) is 0 Å². The quantitative estimate of drug-likeness (QED) is 0.522. The molecule has 0 radical (unpaired) electrons. The van der Waals surface area contributed by atoms with Crippen molar-refractivity contribution in [3.8, 4) is 11.1 Å². The maximum Gasteiger partial charge on any atom is 0.419 e. The summed E-state index contributed by atoms with van der Waals surface area (Å²) in [6.45, 7) is 0. The normalized spacial score (nSPS) is 11.3. The summed E-state index contributed by atoms with van der Waals surface area (Å²) in [5.41, 5.74) is -3.78. The molecule has 2 aromatic rings. The highest BCUT2D eigenvalue weighted by atomic mass is 19.4. The first-order valence-electron chi connectivity index (χ1n) is 6.00. The lowest BCUT2D eigenvalue weighted by Gasteiger charge is -2.12. The van der Waals surface area contributed by atoms with E-state index in [0.29, 0.717) is 12.1 Å². The van der Waals surface area contributed by atoms with Gasteiger partial charge >= 0.3 is 12.1 Å². The molecule has 2 aromatic carbocycles. The van der Waals surface area contributed by atoms with Gasteiger partial charge in [-0.2, -0.15) is 13.2 Å². The van der Waals surface area contributed by atoms with Gasteiger partial charge in [0.25, 0.3) is 5.69 Å². The summed E-state index contributed by atoms with van der Waals surface area (Å²) in [4.78, 5) is 21.0. The minimum Gasteiger partial charge on any atom is -0.478 e. The Balaban J connectivity index is 2.72. The Morgan fingerprint density at radius 3 is 2.30 bits per heavy atom. The third kappa shape index (κ3) is 3.12. The van der Waals surface area contributed by atoms with Gasteiger partial charge in [-0.3, -0.25) is 10.1 Å². The summed E-state index contributed by atoms with van der Waals surface area (Å²) in [5.74, 6) is -3.27. The molecule has 0 unspecified atom stereocenters. The molecule has 0 saturated heterocycles. The number of carboxylic acids is 1. The first-order valence-corrected chi connectivity index (χ1v) is 6.00. The molecule has 0 aliphatic rings. The smallest absolute Gasteiger partial charge is 0.419 e. The lowest BCUT2D eigenvalue weighted by atomic mass is 9.96. The molecule has 0 amide bonds. The number of carboxylic acid groups (broad SMARTS) is 1. The highest BCUT2D eigenvalue weighted by molar-refractivity contribution is 5.97. The molecule has 0 bridgehead atoms. The first kappa shape index (κ1) is 16.4. The molecule has 9 heteroatoms. The van der Waals surface area contributed by atoms with Gasteiger partial charge in [0.2, 0.25) is 0 Å². The maximum absolute atomic E-state index is 14.1. The summed E-state index contributed by atoms with van der Waals surface area (Å²) in [6, 6.07) is 4.87. The highest BCUT2D eigenvalue weighted by Gasteiger charge is 2.35. The minimum atomic E-state index is -4.95. The third-order valence-electron chi connectivity index (χ3n) is 3.04. The van der Waals surface area contributed by atoms with Gasteiger partial charge in [-0.1, -0.05) is 12.1 Å². The van der Waals surface area contributed by atoms with Gasteiger partial charge in [0, 0.05) is 17.7 Å². The van der Waals surface area contributed by atoms with E-state index in [2.05, 4.69) is 0 Å². The van der Waals surface area contributed by atoms with E-state index >= 15 is 0 Å². The molecule has 2 rings (SSSR count). The summed E-state index contributed by atoms with van der Waals surface area (Å²) >= 11 is 0. The van der Waals surface area contributed by atoms with E-state index in [9.17, 15) is 32.5 Å². The van der Waals surface area contributed by atoms with E-state index in [0.717, 1.165) is 24.3 Å². The number of benzene rings is 2. The Hall–Kier alpha value is -2.97. The Labute approximate surface area is 125 Å². The highest BCUT2D eigenvalue weighted by Crippen LogP contribution is 2.37. The Morgan fingerprint density at radius 1 is 1.13 bits per heavy atom. The monoisotopic (exact) mass is 329 g/mol. The molecule has 5 nitrogen and oxygen atoms in total. The molecule has 0 aromatic heterocycles. The van der Waals surface area contributed by atoms with Crippen LogP contribution in [-0.2, 0) is 6.18 Å². The van der Waals surface area contributed by atoms with Crippen LogP contribution in [0.4, 0.5) is 23.2 Å². The van der Waals surface area contributed by atoms with Crippen molar-refractivity contribution in [3.05, 3.63) is 63.5 Å². The molecule has 0 saturated carbocycles. The molecule has 0 atom stereocenters. The van der Waals surface area contributed by atoms with Crippen molar-refractivity contribution in [1.82, 2.24) is 0 Å². The van der Waals surface area contributed by atoms with Crippen LogP contribution in [0.1, 0.15) is 15.9 Å². The number of halogens is 4. The Kier molecular flexibility index (Phi) is 4.04. The average Bonchev–Trinajstić information content (AvgIpc) is 2.45. The number of carbonyl (C=O) groups is 1. The van der Waals surface area contributed by atoms with Gasteiger partial charge in [0.05, 0.1) is 16.1 Å². The fraction of sp³-hybridized carbons (Fsp3) is 0.0714. The van der Waals surface area contributed by atoms with Crippen LogP contribution in [0.15, 0.2) is 36.4 Å².